The highest BCUT2D eigenvalue weighted by molar-refractivity contribution is 6.10. The lowest BCUT2D eigenvalue weighted by Gasteiger charge is -2.18. The second-order valence-electron chi connectivity index (χ2n) is 5.83. The van der Waals surface area contributed by atoms with E-state index in [0.29, 0.717) is 12.3 Å². The average molecular weight is 319 g/mol. The second-order valence-corrected chi connectivity index (χ2v) is 5.83. The lowest BCUT2D eigenvalue weighted by molar-refractivity contribution is 0.0996. The molecule has 0 unspecified atom stereocenters. The largest absolute Gasteiger partial charge is 0.494 e. The van der Waals surface area contributed by atoms with Crippen LogP contribution in [-0.2, 0) is 6.54 Å². The zero-order valence-electron chi connectivity index (χ0n) is 13.6. The van der Waals surface area contributed by atoms with Crippen molar-refractivity contribution in [2.45, 2.75) is 13.5 Å². The Balaban J connectivity index is 1.72. The molecule has 2 heterocycles. The summed E-state index contributed by atoms with van der Waals surface area (Å²) in [4.78, 5) is 18.6. The molecule has 120 valence electrons. The summed E-state index contributed by atoms with van der Waals surface area (Å²) >= 11 is 0. The molecule has 1 aromatic heterocycles. The quantitative estimate of drug-likeness (QED) is 0.744. The van der Waals surface area contributed by atoms with E-state index in [1.807, 2.05) is 60.2 Å². The zero-order chi connectivity index (χ0) is 16.7. The van der Waals surface area contributed by atoms with Gasteiger partial charge < -0.3 is 14.2 Å². The van der Waals surface area contributed by atoms with Crippen LogP contribution in [0.1, 0.15) is 21.6 Å². The minimum Gasteiger partial charge on any atom is -0.494 e. The molecule has 0 atom stereocenters. The fourth-order valence-corrected chi connectivity index (χ4v) is 3.06. The van der Waals surface area contributed by atoms with Crippen LogP contribution in [0.25, 0.3) is 5.69 Å². The first-order valence-corrected chi connectivity index (χ1v) is 7.76. The summed E-state index contributed by atoms with van der Waals surface area (Å²) in [5.41, 5.74) is 4.48. The fourth-order valence-electron chi connectivity index (χ4n) is 3.06. The molecule has 1 aliphatic heterocycles. The molecule has 0 fully saturated rings. The molecule has 2 aromatic carbocycles. The highest BCUT2D eigenvalue weighted by Gasteiger charge is 2.28. The SMILES string of the molecule is COc1cc(N2Cc3ccccc3C2=O)ccc1-n1cnc(C)c1. The predicted octanol–water partition coefficient (Wildman–Crippen LogP) is 3.35. The van der Waals surface area contributed by atoms with E-state index in [4.69, 9.17) is 4.74 Å². The van der Waals surface area contributed by atoms with Gasteiger partial charge in [0.1, 0.15) is 5.75 Å². The molecule has 0 aliphatic carbocycles. The van der Waals surface area contributed by atoms with E-state index in [2.05, 4.69) is 4.98 Å². The number of aromatic nitrogens is 2. The van der Waals surface area contributed by atoms with Gasteiger partial charge in [-0.1, -0.05) is 18.2 Å². The van der Waals surface area contributed by atoms with Crippen molar-refractivity contribution in [3.05, 3.63) is 71.8 Å². The summed E-state index contributed by atoms with van der Waals surface area (Å²) in [6.07, 6.45) is 3.69. The molecular formula is C19H17N3O2. The van der Waals surface area contributed by atoms with E-state index >= 15 is 0 Å². The Kier molecular flexibility index (Phi) is 3.34. The van der Waals surface area contributed by atoms with Gasteiger partial charge in [0, 0.05) is 23.5 Å². The van der Waals surface area contributed by atoms with Crippen LogP contribution in [0.3, 0.4) is 0 Å². The van der Waals surface area contributed by atoms with Crippen LogP contribution in [-0.4, -0.2) is 22.6 Å². The van der Waals surface area contributed by atoms with Gasteiger partial charge in [-0.3, -0.25) is 4.79 Å². The van der Waals surface area contributed by atoms with Crippen LogP contribution in [0.2, 0.25) is 0 Å². The van der Waals surface area contributed by atoms with Crippen LogP contribution in [0.4, 0.5) is 5.69 Å². The monoisotopic (exact) mass is 319 g/mol. The first kappa shape index (κ1) is 14.5. The van der Waals surface area contributed by atoms with Crippen molar-refractivity contribution >= 4 is 11.6 Å². The average Bonchev–Trinajstić information content (AvgIpc) is 3.18. The molecule has 5 heteroatoms. The maximum atomic E-state index is 12.6. The Morgan fingerprint density at radius 3 is 2.71 bits per heavy atom. The minimum atomic E-state index is 0.0267. The van der Waals surface area contributed by atoms with Crippen molar-refractivity contribution in [2.24, 2.45) is 0 Å². The Morgan fingerprint density at radius 1 is 1.17 bits per heavy atom. The molecule has 1 aliphatic rings. The van der Waals surface area contributed by atoms with Crippen LogP contribution in [0.5, 0.6) is 5.75 Å². The normalized spacial score (nSPS) is 13.2. The van der Waals surface area contributed by atoms with Gasteiger partial charge in [-0.15, -0.1) is 0 Å². The minimum absolute atomic E-state index is 0.0267. The fraction of sp³-hybridized carbons (Fsp3) is 0.158. The smallest absolute Gasteiger partial charge is 0.258 e. The van der Waals surface area contributed by atoms with E-state index in [1.165, 1.54) is 0 Å². The number of methoxy groups -OCH3 is 1. The molecule has 4 rings (SSSR count). The Morgan fingerprint density at radius 2 is 2.00 bits per heavy atom. The molecule has 0 radical (unpaired) electrons. The summed E-state index contributed by atoms with van der Waals surface area (Å²) in [7, 11) is 1.63. The van der Waals surface area contributed by atoms with Crippen molar-refractivity contribution in [1.82, 2.24) is 9.55 Å². The molecule has 3 aromatic rings. The predicted molar refractivity (Wildman–Crippen MR) is 91.8 cm³/mol. The van der Waals surface area contributed by atoms with E-state index in [0.717, 1.165) is 28.2 Å². The third-order valence-electron chi connectivity index (χ3n) is 4.29. The van der Waals surface area contributed by atoms with E-state index in [-0.39, 0.29) is 5.91 Å². The van der Waals surface area contributed by atoms with E-state index in [1.54, 1.807) is 18.3 Å². The number of aryl methyl sites for hydroxylation is 1. The van der Waals surface area contributed by atoms with Gasteiger partial charge in [-0.25, -0.2) is 4.98 Å². The topological polar surface area (TPSA) is 47.4 Å². The van der Waals surface area contributed by atoms with Gasteiger partial charge in [0.05, 0.1) is 31.4 Å². The standard InChI is InChI=1S/C19H17N3O2/c1-13-10-21(12-20-13)17-8-7-15(9-18(17)24-2)22-11-14-5-3-4-6-16(14)19(22)23/h3-10,12H,11H2,1-2H3. The molecule has 0 saturated heterocycles. The molecule has 5 nitrogen and oxygen atoms in total. The molecule has 0 N–H and O–H groups in total. The number of carbonyl (C=O) groups is 1. The molecular weight excluding hydrogens is 302 g/mol. The summed E-state index contributed by atoms with van der Waals surface area (Å²) < 4.78 is 7.45. The number of rotatable bonds is 3. The first-order valence-electron chi connectivity index (χ1n) is 7.76. The number of fused-ring (bicyclic) bond motifs is 1. The number of hydrogen-bond donors (Lipinski definition) is 0. The number of ether oxygens (including phenoxy) is 1. The summed E-state index contributed by atoms with van der Waals surface area (Å²) in [5.74, 6) is 0.729. The number of benzene rings is 2. The molecule has 0 spiro atoms. The maximum Gasteiger partial charge on any atom is 0.258 e. The van der Waals surface area contributed by atoms with Gasteiger partial charge in [0.15, 0.2) is 0 Å². The lowest BCUT2D eigenvalue weighted by Crippen LogP contribution is -2.23. The van der Waals surface area contributed by atoms with E-state index < -0.39 is 0 Å². The van der Waals surface area contributed by atoms with E-state index in [9.17, 15) is 4.79 Å². The Bertz CT molecular complexity index is 930. The molecule has 1 amide bonds. The molecule has 0 bridgehead atoms. The van der Waals surface area contributed by atoms with Crippen molar-refractivity contribution < 1.29 is 9.53 Å². The number of carbonyl (C=O) groups excluding carboxylic acids is 1. The number of imidazole rings is 1. The third kappa shape index (κ3) is 2.25. The van der Waals surface area contributed by atoms with Gasteiger partial charge in [-0.2, -0.15) is 0 Å². The summed E-state index contributed by atoms with van der Waals surface area (Å²) in [5, 5.41) is 0. The zero-order valence-corrected chi connectivity index (χ0v) is 13.6. The summed E-state index contributed by atoms with van der Waals surface area (Å²) in [6, 6.07) is 13.5. The third-order valence-corrected chi connectivity index (χ3v) is 4.29. The number of anilines is 1. The van der Waals surface area contributed by atoms with Crippen LogP contribution >= 0.6 is 0 Å². The highest BCUT2D eigenvalue weighted by Crippen LogP contribution is 2.33. The number of nitrogens with zero attached hydrogens (tertiary/aromatic N) is 3. The van der Waals surface area contributed by atoms with Crippen molar-refractivity contribution in [3.8, 4) is 11.4 Å². The molecule has 24 heavy (non-hydrogen) atoms. The Hall–Kier alpha value is -3.08. The van der Waals surface area contributed by atoms with Gasteiger partial charge >= 0.3 is 0 Å². The van der Waals surface area contributed by atoms with Crippen LogP contribution in [0, 0.1) is 6.92 Å². The van der Waals surface area contributed by atoms with Gasteiger partial charge in [0.25, 0.3) is 5.91 Å². The van der Waals surface area contributed by atoms with Gasteiger partial charge in [-0.05, 0) is 30.7 Å². The van der Waals surface area contributed by atoms with Gasteiger partial charge in [0.2, 0.25) is 0 Å². The van der Waals surface area contributed by atoms with Crippen molar-refractivity contribution in [3.63, 3.8) is 0 Å². The number of amides is 1. The maximum absolute atomic E-state index is 12.6. The van der Waals surface area contributed by atoms with Crippen molar-refractivity contribution in [1.29, 1.82) is 0 Å². The first-order chi connectivity index (χ1) is 11.7. The highest BCUT2D eigenvalue weighted by atomic mass is 16.5. The number of hydrogen-bond acceptors (Lipinski definition) is 3. The summed E-state index contributed by atoms with van der Waals surface area (Å²) in [6.45, 7) is 2.53. The second kappa shape index (κ2) is 5.53. The molecule has 0 saturated carbocycles. The Labute approximate surface area is 140 Å². The lowest BCUT2D eigenvalue weighted by atomic mass is 10.1. The van der Waals surface area contributed by atoms with Crippen LogP contribution in [0.15, 0.2) is 55.0 Å². The van der Waals surface area contributed by atoms with Crippen LogP contribution < -0.4 is 9.64 Å². The van der Waals surface area contributed by atoms with Crippen molar-refractivity contribution in [2.75, 3.05) is 12.0 Å².